The molecule has 1 saturated carbocycles. The maximum atomic E-state index is 12.4. The van der Waals surface area contributed by atoms with Gasteiger partial charge in [-0.15, -0.1) is 11.3 Å². The fourth-order valence-corrected chi connectivity index (χ4v) is 3.14. The Hall–Kier alpha value is -0.350. The number of hydrogen-bond donors (Lipinski definition) is 0. The van der Waals surface area contributed by atoms with Crippen LogP contribution in [0.15, 0.2) is 12.1 Å². The van der Waals surface area contributed by atoms with Crippen molar-refractivity contribution in [2.24, 2.45) is 0 Å². The monoisotopic (exact) mass is 315 g/mol. The molecule has 4 heteroatoms. The van der Waals surface area contributed by atoms with E-state index in [0.29, 0.717) is 6.04 Å². The quantitative estimate of drug-likeness (QED) is 0.756. The van der Waals surface area contributed by atoms with Crippen molar-refractivity contribution in [3.8, 4) is 0 Å². The molecule has 2 rings (SSSR count). The molecule has 0 unspecified atom stereocenters. The Morgan fingerprint density at radius 3 is 2.76 bits per heavy atom. The average Bonchev–Trinajstić information content (AvgIpc) is 2.67. The molecule has 1 aromatic heterocycles. The van der Waals surface area contributed by atoms with Gasteiger partial charge in [0, 0.05) is 22.8 Å². The lowest BCUT2D eigenvalue weighted by Gasteiger charge is -2.37. The van der Waals surface area contributed by atoms with Crippen LogP contribution in [0.5, 0.6) is 0 Å². The zero-order chi connectivity index (χ0) is 12.3. The standard InChI is InChI=1S/C13H18BrNOS/c1-10-6-7-12(17-10)13(16)15(9-3-8-14)11-4-2-5-11/h6-7,11H,2-5,8-9H2,1H3. The van der Waals surface area contributed by atoms with E-state index in [1.165, 1.54) is 24.1 Å². The third kappa shape index (κ3) is 3.10. The van der Waals surface area contributed by atoms with Gasteiger partial charge in [0.15, 0.2) is 0 Å². The maximum Gasteiger partial charge on any atom is 0.264 e. The van der Waals surface area contributed by atoms with Gasteiger partial charge in [0.05, 0.1) is 4.88 Å². The maximum absolute atomic E-state index is 12.4. The van der Waals surface area contributed by atoms with Crippen LogP contribution in [0.4, 0.5) is 0 Å². The van der Waals surface area contributed by atoms with Gasteiger partial charge in [-0.2, -0.15) is 0 Å². The van der Waals surface area contributed by atoms with Gasteiger partial charge in [0.25, 0.3) is 5.91 Å². The van der Waals surface area contributed by atoms with Gasteiger partial charge >= 0.3 is 0 Å². The number of carbonyl (C=O) groups excluding carboxylic acids is 1. The SMILES string of the molecule is Cc1ccc(C(=O)N(CCCBr)C2CCC2)s1. The fourth-order valence-electron chi connectivity index (χ4n) is 2.07. The Bertz CT molecular complexity index is 387. The summed E-state index contributed by atoms with van der Waals surface area (Å²) < 4.78 is 0. The van der Waals surface area contributed by atoms with Crippen molar-refractivity contribution in [2.45, 2.75) is 38.6 Å². The van der Waals surface area contributed by atoms with Crippen LogP contribution < -0.4 is 0 Å². The van der Waals surface area contributed by atoms with Crippen LogP contribution in [-0.2, 0) is 0 Å². The summed E-state index contributed by atoms with van der Waals surface area (Å²) in [5, 5.41) is 0.965. The molecule has 94 valence electrons. The van der Waals surface area contributed by atoms with Crippen molar-refractivity contribution in [1.82, 2.24) is 4.90 Å². The molecule has 2 nitrogen and oxygen atoms in total. The molecule has 0 N–H and O–H groups in total. The Kier molecular flexibility index (Phi) is 4.62. The Morgan fingerprint density at radius 1 is 1.53 bits per heavy atom. The Labute approximate surface area is 115 Å². The molecule has 1 aliphatic carbocycles. The molecule has 0 radical (unpaired) electrons. The van der Waals surface area contributed by atoms with E-state index in [2.05, 4.69) is 20.8 Å². The van der Waals surface area contributed by atoms with Crippen LogP contribution in [0.3, 0.4) is 0 Å². The highest BCUT2D eigenvalue weighted by Gasteiger charge is 2.29. The predicted octanol–water partition coefficient (Wildman–Crippen LogP) is 3.84. The number of alkyl halides is 1. The minimum Gasteiger partial charge on any atom is -0.335 e. The van der Waals surface area contributed by atoms with Crippen molar-refractivity contribution in [1.29, 1.82) is 0 Å². The fraction of sp³-hybridized carbons (Fsp3) is 0.615. The molecule has 1 aromatic rings. The van der Waals surface area contributed by atoms with Gasteiger partial charge in [0.2, 0.25) is 0 Å². The molecule has 0 bridgehead atoms. The van der Waals surface area contributed by atoms with Crippen molar-refractivity contribution in [3.05, 3.63) is 21.9 Å². The summed E-state index contributed by atoms with van der Waals surface area (Å²) in [4.78, 5) is 16.6. The molecule has 1 aliphatic rings. The number of aryl methyl sites for hydroxylation is 1. The van der Waals surface area contributed by atoms with E-state index < -0.39 is 0 Å². The molecule has 0 atom stereocenters. The zero-order valence-corrected chi connectivity index (χ0v) is 12.5. The number of rotatable bonds is 5. The van der Waals surface area contributed by atoms with E-state index in [0.717, 1.165) is 23.2 Å². The lowest BCUT2D eigenvalue weighted by Crippen LogP contribution is -2.44. The minimum absolute atomic E-state index is 0.230. The van der Waals surface area contributed by atoms with Gasteiger partial charge in [-0.3, -0.25) is 4.79 Å². The molecule has 0 aliphatic heterocycles. The highest BCUT2D eigenvalue weighted by atomic mass is 79.9. The van der Waals surface area contributed by atoms with E-state index in [4.69, 9.17) is 0 Å². The number of nitrogens with zero attached hydrogens (tertiary/aromatic N) is 1. The summed E-state index contributed by atoms with van der Waals surface area (Å²) in [5.41, 5.74) is 0. The summed E-state index contributed by atoms with van der Waals surface area (Å²) in [7, 11) is 0. The third-order valence-corrected chi connectivity index (χ3v) is 4.81. The highest BCUT2D eigenvalue weighted by Crippen LogP contribution is 2.28. The van der Waals surface area contributed by atoms with Gasteiger partial charge in [-0.05, 0) is 44.7 Å². The smallest absolute Gasteiger partial charge is 0.264 e. The summed E-state index contributed by atoms with van der Waals surface area (Å²) in [6.45, 7) is 2.93. The second-order valence-electron chi connectivity index (χ2n) is 4.54. The van der Waals surface area contributed by atoms with E-state index in [-0.39, 0.29) is 5.91 Å². The van der Waals surface area contributed by atoms with Crippen LogP contribution in [0.25, 0.3) is 0 Å². The summed E-state index contributed by atoms with van der Waals surface area (Å²) in [6.07, 6.45) is 4.66. The third-order valence-electron chi connectivity index (χ3n) is 3.26. The molecule has 1 heterocycles. The lowest BCUT2D eigenvalue weighted by atomic mass is 9.91. The van der Waals surface area contributed by atoms with E-state index in [9.17, 15) is 4.79 Å². The largest absolute Gasteiger partial charge is 0.335 e. The molecular weight excluding hydrogens is 298 g/mol. The first-order chi connectivity index (χ1) is 8.22. The average molecular weight is 316 g/mol. The predicted molar refractivity (Wildman–Crippen MR) is 76.1 cm³/mol. The zero-order valence-electron chi connectivity index (χ0n) is 10.1. The molecular formula is C13H18BrNOS. The molecule has 1 fully saturated rings. The second-order valence-corrected chi connectivity index (χ2v) is 6.62. The normalized spacial score (nSPS) is 15.6. The van der Waals surface area contributed by atoms with Crippen molar-refractivity contribution in [2.75, 3.05) is 11.9 Å². The second kappa shape index (κ2) is 6.01. The summed E-state index contributed by atoms with van der Waals surface area (Å²) in [6, 6.07) is 4.48. The van der Waals surface area contributed by atoms with Crippen LogP contribution in [0.2, 0.25) is 0 Å². The number of thiophene rings is 1. The van der Waals surface area contributed by atoms with Crippen LogP contribution in [0, 0.1) is 6.92 Å². The van der Waals surface area contributed by atoms with Crippen LogP contribution in [-0.4, -0.2) is 28.7 Å². The topological polar surface area (TPSA) is 20.3 Å². The highest BCUT2D eigenvalue weighted by molar-refractivity contribution is 9.09. The summed E-state index contributed by atoms with van der Waals surface area (Å²) >= 11 is 5.05. The number of hydrogen-bond acceptors (Lipinski definition) is 2. The van der Waals surface area contributed by atoms with Gasteiger partial charge in [-0.1, -0.05) is 15.9 Å². The number of carbonyl (C=O) groups is 1. The Balaban J connectivity index is 2.06. The van der Waals surface area contributed by atoms with Gasteiger partial charge in [-0.25, -0.2) is 0 Å². The van der Waals surface area contributed by atoms with Crippen LogP contribution in [0.1, 0.15) is 40.2 Å². The van der Waals surface area contributed by atoms with E-state index >= 15 is 0 Å². The minimum atomic E-state index is 0.230. The van der Waals surface area contributed by atoms with Gasteiger partial charge < -0.3 is 4.90 Å². The molecule has 0 spiro atoms. The van der Waals surface area contributed by atoms with Crippen LogP contribution >= 0.6 is 27.3 Å². The Morgan fingerprint density at radius 2 is 2.29 bits per heavy atom. The van der Waals surface area contributed by atoms with E-state index in [1.54, 1.807) is 11.3 Å². The molecule has 0 aromatic carbocycles. The lowest BCUT2D eigenvalue weighted by molar-refractivity contribution is 0.0586. The van der Waals surface area contributed by atoms with E-state index in [1.807, 2.05) is 19.1 Å². The number of halogens is 1. The van der Waals surface area contributed by atoms with Crippen molar-refractivity contribution >= 4 is 33.2 Å². The summed E-state index contributed by atoms with van der Waals surface area (Å²) in [5.74, 6) is 0.230. The molecule has 17 heavy (non-hydrogen) atoms. The first-order valence-electron chi connectivity index (χ1n) is 6.15. The number of amides is 1. The van der Waals surface area contributed by atoms with Crippen molar-refractivity contribution in [3.63, 3.8) is 0 Å². The molecule has 1 amide bonds. The van der Waals surface area contributed by atoms with Crippen molar-refractivity contribution < 1.29 is 4.79 Å². The first kappa shape index (κ1) is 13.1. The first-order valence-corrected chi connectivity index (χ1v) is 8.09. The molecule has 0 saturated heterocycles. The van der Waals surface area contributed by atoms with Gasteiger partial charge in [0.1, 0.15) is 0 Å².